The molecule has 0 aliphatic carbocycles. The zero-order valence-electron chi connectivity index (χ0n) is 26.5. The van der Waals surface area contributed by atoms with Gasteiger partial charge in [-0.2, -0.15) is 22.8 Å². The molecule has 0 saturated carbocycles. The summed E-state index contributed by atoms with van der Waals surface area (Å²) in [5.41, 5.74) is 4.92. The van der Waals surface area contributed by atoms with E-state index in [4.69, 9.17) is 6.42 Å². The highest BCUT2D eigenvalue weighted by atomic mass is 31.2. The average Bonchev–Trinajstić information content (AvgIpc) is 3.17. The Kier molecular flexibility index (Phi) is 10.2. The Morgan fingerprint density at radius 2 is 0.617 bits per heavy atom. The van der Waals surface area contributed by atoms with Crippen molar-refractivity contribution >= 4 is 45.7 Å². The van der Waals surface area contributed by atoms with E-state index in [2.05, 4.69) is 200 Å². The molecular formula is C45H38BP. The van der Waals surface area contributed by atoms with Gasteiger partial charge in [0.05, 0.1) is 6.16 Å². The molecule has 0 aliphatic rings. The summed E-state index contributed by atoms with van der Waals surface area (Å²) in [7, 11) is -1.78. The standard InChI is InChI=1S/C25H22P.C20H16B/c1-5-13-22(14-6-1)21-26(23-15-7-2-8-16-23,24-17-9-3-10-18-24)25-19-11-4-12-20-25;1-2-21(18-12-6-3-7-13-18,19-14-8-4-9-15-19)20-16-10-5-11-17-20/h1-20H,21H2;1,3-17H/q+1;-1. The van der Waals surface area contributed by atoms with Gasteiger partial charge in [-0.05, 0) is 42.0 Å². The minimum atomic E-state index is -1.78. The van der Waals surface area contributed by atoms with Crippen LogP contribution in [0.1, 0.15) is 5.56 Å². The molecule has 0 radical (unpaired) electrons. The van der Waals surface area contributed by atoms with E-state index in [1.54, 1.807) is 0 Å². The van der Waals surface area contributed by atoms with Crippen LogP contribution in [-0.4, -0.2) is 6.15 Å². The predicted octanol–water partition coefficient (Wildman–Crippen LogP) is 7.51. The van der Waals surface area contributed by atoms with Crippen LogP contribution >= 0.6 is 7.26 Å². The van der Waals surface area contributed by atoms with Gasteiger partial charge in [0.2, 0.25) is 0 Å². The maximum Gasteiger partial charge on any atom is 0.148 e. The van der Waals surface area contributed by atoms with Gasteiger partial charge in [-0.15, -0.1) is 0 Å². The number of hydrogen-bond donors (Lipinski definition) is 0. The van der Waals surface area contributed by atoms with Crippen molar-refractivity contribution in [3.63, 3.8) is 0 Å². The molecule has 226 valence electrons. The van der Waals surface area contributed by atoms with Gasteiger partial charge in [0.15, 0.2) is 0 Å². The second-order valence-corrected chi connectivity index (χ2v) is 15.2. The molecule has 0 fully saturated rings. The molecule has 0 amide bonds. The van der Waals surface area contributed by atoms with Crippen molar-refractivity contribution < 1.29 is 0 Å². The Balaban J connectivity index is 0.000000168. The molecule has 7 aromatic carbocycles. The molecule has 0 bridgehead atoms. The first kappa shape index (κ1) is 31.6. The van der Waals surface area contributed by atoms with Crippen LogP contribution in [0, 0.1) is 12.2 Å². The lowest BCUT2D eigenvalue weighted by Gasteiger charge is -2.38. The van der Waals surface area contributed by atoms with Crippen molar-refractivity contribution in [2.75, 3.05) is 0 Å². The number of rotatable bonds is 8. The summed E-state index contributed by atoms with van der Waals surface area (Å²) in [5.74, 6) is 3.13. The maximum atomic E-state index is 6.08. The average molecular weight is 621 g/mol. The van der Waals surface area contributed by atoms with Crippen molar-refractivity contribution in [3.05, 3.63) is 218 Å². The number of benzene rings is 7. The topological polar surface area (TPSA) is 0 Å². The molecule has 2 heteroatoms. The Labute approximate surface area is 281 Å². The lowest BCUT2D eigenvalue weighted by Crippen LogP contribution is -2.66. The van der Waals surface area contributed by atoms with E-state index in [1.807, 2.05) is 18.2 Å². The maximum absolute atomic E-state index is 6.08. The Hall–Kier alpha value is -5.41. The summed E-state index contributed by atoms with van der Waals surface area (Å²) in [5, 5.41) is 4.30. The molecule has 0 unspecified atom stereocenters. The van der Waals surface area contributed by atoms with Crippen LogP contribution in [-0.2, 0) is 6.16 Å². The first-order valence-corrected chi connectivity index (χ1v) is 18.1. The quantitative estimate of drug-likeness (QED) is 0.0938. The molecule has 47 heavy (non-hydrogen) atoms. The van der Waals surface area contributed by atoms with Crippen molar-refractivity contribution in [3.8, 4) is 12.2 Å². The molecule has 0 nitrogen and oxygen atoms in total. The second kappa shape index (κ2) is 15.3. The second-order valence-electron chi connectivity index (χ2n) is 11.7. The van der Waals surface area contributed by atoms with E-state index in [0.29, 0.717) is 0 Å². The monoisotopic (exact) mass is 620 g/mol. The summed E-state index contributed by atoms with van der Waals surface area (Å²) in [6.07, 6.45) is 5.75. The molecule has 7 rings (SSSR count). The minimum absolute atomic E-state index is 1.03. The van der Waals surface area contributed by atoms with Gasteiger partial charge < -0.3 is 5.82 Å². The van der Waals surface area contributed by atoms with Crippen LogP contribution in [0.15, 0.2) is 212 Å². The molecule has 0 spiro atoms. The molecule has 0 aromatic heterocycles. The Morgan fingerprint density at radius 3 is 0.894 bits per heavy atom. The molecule has 0 aliphatic heterocycles. The zero-order chi connectivity index (χ0) is 32.2. The van der Waals surface area contributed by atoms with Gasteiger partial charge in [-0.3, -0.25) is 0 Å². The third-order valence-corrected chi connectivity index (χ3v) is 13.4. The molecule has 0 saturated heterocycles. The van der Waals surface area contributed by atoms with E-state index in [1.165, 1.54) is 37.9 Å². The highest BCUT2D eigenvalue weighted by molar-refractivity contribution is 7.95. The molecule has 0 atom stereocenters. The third-order valence-electron chi connectivity index (χ3n) is 9.00. The van der Waals surface area contributed by atoms with Gasteiger partial charge in [0, 0.05) is 0 Å². The first-order valence-electron chi connectivity index (χ1n) is 16.2. The van der Waals surface area contributed by atoms with E-state index < -0.39 is 13.4 Å². The largest absolute Gasteiger partial charge is 0.301 e. The first-order chi connectivity index (χ1) is 23.3. The Bertz CT molecular complexity index is 1780. The normalized spacial score (nSPS) is 11.0. The smallest absolute Gasteiger partial charge is 0.148 e. The number of hydrogen-bond acceptors (Lipinski definition) is 0. The third kappa shape index (κ3) is 6.76. The molecular weight excluding hydrogens is 582 g/mol. The summed E-state index contributed by atoms with van der Waals surface area (Å²) in [4.78, 5) is 0. The van der Waals surface area contributed by atoms with Crippen LogP contribution in [0.25, 0.3) is 0 Å². The summed E-state index contributed by atoms with van der Waals surface area (Å²) >= 11 is 0. The predicted molar refractivity (Wildman–Crippen MR) is 208 cm³/mol. The minimum Gasteiger partial charge on any atom is -0.301 e. The highest BCUT2D eigenvalue weighted by Gasteiger charge is 2.45. The van der Waals surface area contributed by atoms with Gasteiger partial charge in [-0.1, -0.05) is 176 Å². The van der Waals surface area contributed by atoms with Crippen molar-refractivity contribution in [1.82, 2.24) is 0 Å². The van der Waals surface area contributed by atoms with Gasteiger partial charge in [0.25, 0.3) is 0 Å². The van der Waals surface area contributed by atoms with Gasteiger partial charge in [-0.25, -0.2) is 0 Å². The highest BCUT2D eigenvalue weighted by Crippen LogP contribution is 2.58. The lowest BCUT2D eigenvalue weighted by molar-refractivity contribution is 1.39. The van der Waals surface area contributed by atoms with E-state index >= 15 is 0 Å². The van der Waals surface area contributed by atoms with Crippen LogP contribution in [0.4, 0.5) is 0 Å². The van der Waals surface area contributed by atoms with Crippen molar-refractivity contribution in [1.29, 1.82) is 0 Å². The van der Waals surface area contributed by atoms with E-state index in [0.717, 1.165) is 6.16 Å². The van der Waals surface area contributed by atoms with Crippen LogP contribution < -0.4 is 32.3 Å². The lowest BCUT2D eigenvalue weighted by atomic mass is 9.16. The fraction of sp³-hybridized carbons (Fsp3) is 0.0222. The molecule has 0 N–H and O–H groups in total. The van der Waals surface area contributed by atoms with E-state index in [9.17, 15) is 0 Å². The van der Waals surface area contributed by atoms with Crippen LogP contribution in [0.5, 0.6) is 0 Å². The zero-order valence-corrected chi connectivity index (χ0v) is 27.4. The molecule has 7 aromatic rings. The SMILES string of the molecule is C#C[B-](c1ccccc1)(c1ccccc1)c1ccccc1.c1ccc(C[P+](c2ccccc2)(c2ccccc2)c2ccccc2)cc1. The van der Waals surface area contributed by atoms with Crippen LogP contribution in [0.3, 0.4) is 0 Å². The van der Waals surface area contributed by atoms with Gasteiger partial charge in [0.1, 0.15) is 29.3 Å². The Morgan fingerprint density at radius 1 is 0.362 bits per heavy atom. The van der Waals surface area contributed by atoms with Gasteiger partial charge >= 0.3 is 0 Å². The van der Waals surface area contributed by atoms with E-state index in [-0.39, 0.29) is 0 Å². The summed E-state index contributed by atoms with van der Waals surface area (Å²) < 4.78 is 0. The fourth-order valence-corrected chi connectivity index (χ4v) is 11.0. The summed E-state index contributed by atoms with van der Waals surface area (Å²) in [6.45, 7) is 0. The van der Waals surface area contributed by atoms with Crippen molar-refractivity contribution in [2.24, 2.45) is 0 Å². The fourth-order valence-electron chi connectivity index (χ4n) is 6.72. The number of terminal acetylenes is 1. The molecule has 0 heterocycles. The van der Waals surface area contributed by atoms with Crippen LogP contribution in [0.2, 0.25) is 0 Å². The summed E-state index contributed by atoms with van der Waals surface area (Å²) in [6, 6.07) is 75.2. The van der Waals surface area contributed by atoms with Crippen molar-refractivity contribution in [2.45, 2.75) is 6.16 Å².